The van der Waals surface area contributed by atoms with Crippen LogP contribution in [0.5, 0.6) is 5.75 Å². The zero-order valence-electron chi connectivity index (χ0n) is 20.8. The van der Waals surface area contributed by atoms with Crippen LogP contribution >= 0.6 is 11.6 Å². The van der Waals surface area contributed by atoms with E-state index in [0.29, 0.717) is 36.9 Å². The van der Waals surface area contributed by atoms with Crippen LogP contribution in [0.3, 0.4) is 0 Å². The van der Waals surface area contributed by atoms with Crippen molar-refractivity contribution in [2.75, 3.05) is 38.1 Å². The molecule has 7 nitrogen and oxygen atoms in total. The van der Waals surface area contributed by atoms with Gasteiger partial charge in [0.15, 0.2) is 6.61 Å². The maximum atomic E-state index is 12.9. The summed E-state index contributed by atoms with van der Waals surface area (Å²) in [6, 6.07) is 12.8. The Balaban J connectivity index is 1.29. The minimum absolute atomic E-state index is 0.0000881. The van der Waals surface area contributed by atoms with E-state index in [2.05, 4.69) is 5.32 Å². The Kier molecular flexibility index (Phi) is 7.99. The number of aryl methyl sites for hydroxylation is 1. The van der Waals surface area contributed by atoms with Crippen molar-refractivity contribution in [3.05, 3.63) is 64.7 Å². The van der Waals surface area contributed by atoms with E-state index in [0.717, 1.165) is 36.1 Å². The molecule has 2 fully saturated rings. The van der Waals surface area contributed by atoms with Crippen molar-refractivity contribution in [2.24, 2.45) is 5.41 Å². The predicted octanol–water partition coefficient (Wildman–Crippen LogP) is 4.54. The Bertz CT molecular complexity index is 1170. The molecule has 0 unspecified atom stereocenters. The fraction of sp³-hybridized carbons (Fsp3) is 0.393. The molecule has 2 aliphatic heterocycles. The van der Waals surface area contributed by atoms with Gasteiger partial charge in [0.25, 0.3) is 5.91 Å². The van der Waals surface area contributed by atoms with E-state index in [4.69, 9.17) is 16.3 Å². The first kappa shape index (κ1) is 25.8. The van der Waals surface area contributed by atoms with Gasteiger partial charge in [-0.05, 0) is 67.0 Å². The Morgan fingerprint density at radius 2 is 1.75 bits per heavy atom. The van der Waals surface area contributed by atoms with Crippen molar-refractivity contribution >= 4 is 41.1 Å². The van der Waals surface area contributed by atoms with Crippen LogP contribution in [-0.2, 0) is 14.4 Å². The Labute approximate surface area is 217 Å². The average Bonchev–Trinajstić information content (AvgIpc) is 3.26. The van der Waals surface area contributed by atoms with Crippen molar-refractivity contribution < 1.29 is 19.1 Å². The zero-order valence-corrected chi connectivity index (χ0v) is 21.5. The Morgan fingerprint density at radius 3 is 2.44 bits per heavy atom. The smallest absolute Gasteiger partial charge is 0.260 e. The van der Waals surface area contributed by atoms with E-state index in [-0.39, 0.29) is 29.7 Å². The van der Waals surface area contributed by atoms with E-state index in [1.54, 1.807) is 30.4 Å². The standard InChI is InChI=1S/C28H32ClN3O4/c1-20-5-3-4-6-25(20)36-18-27(35)31-14-11-28(12-15-31)13-16-32(19-28)26(34)10-8-22-7-9-23(29)17-24(22)30-21(2)33/h3-10,17H,11-16,18-19H2,1-2H3,(H,30,33). The van der Waals surface area contributed by atoms with Crippen molar-refractivity contribution in [1.29, 1.82) is 0 Å². The van der Waals surface area contributed by atoms with E-state index < -0.39 is 0 Å². The number of amides is 3. The van der Waals surface area contributed by atoms with Crippen molar-refractivity contribution in [1.82, 2.24) is 9.80 Å². The van der Waals surface area contributed by atoms with Gasteiger partial charge in [0.05, 0.1) is 0 Å². The van der Waals surface area contributed by atoms with Crippen LogP contribution in [0.4, 0.5) is 5.69 Å². The molecule has 1 spiro atoms. The number of carbonyl (C=O) groups is 3. The third-order valence-corrected chi connectivity index (χ3v) is 7.34. The van der Waals surface area contributed by atoms with Gasteiger partial charge in [0, 0.05) is 49.9 Å². The van der Waals surface area contributed by atoms with Gasteiger partial charge < -0.3 is 19.9 Å². The minimum Gasteiger partial charge on any atom is -0.484 e. The van der Waals surface area contributed by atoms with Gasteiger partial charge >= 0.3 is 0 Å². The molecule has 2 saturated heterocycles. The summed E-state index contributed by atoms with van der Waals surface area (Å²) < 4.78 is 5.73. The van der Waals surface area contributed by atoms with Gasteiger partial charge in [0.2, 0.25) is 11.8 Å². The quantitative estimate of drug-likeness (QED) is 0.580. The van der Waals surface area contributed by atoms with Crippen LogP contribution in [0.15, 0.2) is 48.5 Å². The highest BCUT2D eigenvalue weighted by Gasteiger charge is 2.42. The third kappa shape index (κ3) is 6.26. The molecule has 0 atom stereocenters. The Morgan fingerprint density at radius 1 is 1.06 bits per heavy atom. The SMILES string of the molecule is CC(=O)Nc1cc(Cl)ccc1C=CC(=O)N1CCC2(CCN(C(=O)COc3ccccc3C)CC2)C1. The number of nitrogens with one attached hydrogen (secondary N) is 1. The molecule has 4 rings (SSSR count). The second kappa shape index (κ2) is 11.2. The number of benzene rings is 2. The molecule has 0 radical (unpaired) electrons. The predicted molar refractivity (Wildman–Crippen MR) is 141 cm³/mol. The van der Waals surface area contributed by atoms with Gasteiger partial charge in [-0.2, -0.15) is 0 Å². The lowest BCUT2D eigenvalue weighted by atomic mass is 9.78. The average molecular weight is 510 g/mol. The molecule has 3 amide bonds. The van der Waals surface area contributed by atoms with E-state index in [1.807, 2.05) is 41.0 Å². The first-order valence-electron chi connectivity index (χ1n) is 12.3. The van der Waals surface area contributed by atoms with Gasteiger partial charge in [-0.3, -0.25) is 14.4 Å². The molecule has 0 aliphatic carbocycles. The van der Waals surface area contributed by atoms with Gasteiger partial charge in [0.1, 0.15) is 5.75 Å². The first-order chi connectivity index (χ1) is 17.2. The number of para-hydroxylation sites is 1. The number of carbonyl (C=O) groups excluding carboxylic acids is 3. The van der Waals surface area contributed by atoms with Crippen molar-refractivity contribution in [2.45, 2.75) is 33.1 Å². The summed E-state index contributed by atoms with van der Waals surface area (Å²) in [5.41, 5.74) is 2.35. The number of anilines is 1. The summed E-state index contributed by atoms with van der Waals surface area (Å²) in [5.74, 6) is 0.479. The molecule has 0 aromatic heterocycles. The largest absolute Gasteiger partial charge is 0.484 e. The van der Waals surface area contributed by atoms with E-state index in [1.165, 1.54) is 6.92 Å². The number of hydrogen-bond acceptors (Lipinski definition) is 4. The van der Waals surface area contributed by atoms with E-state index in [9.17, 15) is 14.4 Å². The van der Waals surface area contributed by atoms with Crippen LogP contribution in [0, 0.1) is 12.3 Å². The summed E-state index contributed by atoms with van der Waals surface area (Å²) in [6.07, 6.45) is 5.95. The molecule has 36 heavy (non-hydrogen) atoms. The molecule has 1 N–H and O–H groups in total. The summed E-state index contributed by atoms with van der Waals surface area (Å²) in [6.45, 7) is 6.18. The summed E-state index contributed by atoms with van der Waals surface area (Å²) in [5, 5.41) is 3.26. The Hall–Kier alpha value is -3.32. The molecule has 0 bridgehead atoms. The summed E-state index contributed by atoms with van der Waals surface area (Å²) in [4.78, 5) is 40.8. The maximum absolute atomic E-state index is 12.9. The third-order valence-electron chi connectivity index (χ3n) is 7.10. The number of halogens is 1. The summed E-state index contributed by atoms with van der Waals surface area (Å²) >= 11 is 6.05. The van der Waals surface area contributed by atoms with Crippen LogP contribution in [0.25, 0.3) is 6.08 Å². The number of ether oxygens (including phenoxy) is 1. The lowest BCUT2D eigenvalue weighted by molar-refractivity contribution is -0.136. The fourth-order valence-corrected chi connectivity index (χ4v) is 5.12. The molecule has 2 aliphatic rings. The van der Waals surface area contributed by atoms with Crippen molar-refractivity contribution in [3.63, 3.8) is 0 Å². The molecule has 8 heteroatoms. The molecule has 190 valence electrons. The molecule has 0 saturated carbocycles. The van der Waals surface area contributed by atoms with Crippen LogP contribution in [0.1, 0.15) is 37.3 Å². The van der Waals surface area contributed by atoms with Crippen LogP contribution < -0.4 is 10.1 Å². The number of rotatable bonds is 6. The normalized spacial score (nSPS) is 17.0. The topological polar surface area (TPSA) is 79.0 Å². The number of nitrogens with zero attached hydrogens (tertiary/aromatic N) is 2. The molecular weight excluding hydrogens is 478 g/mol. The first-order valence-corrected chi connectivity index (χ1v) is 12.6. The van der Waals surface area contributed by atoms with Gasteiger partial charge in [-0.1, -0.05) is 35.9 Å². The van der Waals surface area contributed by atoms with Crippen LogP contribution in [0.2, 0.25) is 5.02 Å². The second-order valence-electron chi connectivity index (χ2n) is 9.69. The molecule has 2 aromatic carbocycles. The second-order valence-corrected chi connectivity index (χ2v) is 10.1. The van der Waals surface area contributed by atoms with Crippen LogP contribution in [-0.4, -0.2) is 60.3 Å². The zero-order chi connectivity index (χ0) is 25.7. The molecule has 2 aromatic rings. The molecule has 2 heterocycles. The molecular formula is C28H32ClN3O4. The maximum Gasteiger partial charge on any atom is 0.260 e. The number of hydrogen-bond donors (Lipinski definition) is 1. The number of likely N-dealkylation sites (tertiary alicyclic amines) is 2. The highest BCUT2D eigenvalue weighted by atomic mass is 35.5. The number of piperidine rings is 1. The lowest BCUT2D eigenvalue weighted by Crippen LogP contribution is -2.46. The minimum atomic E-state index is -0.203. The van der Waals surface area contributed by atoms with Gasteiger partial charge in [-0.15, -0.1) is 0 Å². The highest BCUT2D eigenvalue weighted by Crippen LogP contribution is 2.40. The van der Waals surface area contributed by atoms with Crippen molar-refractivity contribution in [3.8, 4) is 5.75 Å². The highest BCUT2D eigenvalue weighted by molar-refractivity contribution is 6.31. The van der Waals surface area contributed by atoms with E-state index >= 15 is 0 Å². The summed E-state index contributed by atoms with van der Waals surface area (Å²) in [7, 11) is 0. The monoisotopic (exact) mass is 509 g/mol. The fourth-order valence-electron chi connectivity index (χ4n) is 4.95. The van der Waals surface area contributed by atoms with Gasteiger partial charge in [-0.25, -0.2) is 0 Å². The lowest BCUT2D eigenvalue weighted by Gasteiger charge is -2.39.